The Balaban J connectivity index is 1.46. The molecule has 7 nitrogen and oxygen atoms in total. The fourth-order valence-electron chi connectivity index (χ4n) is 2.62. The molecule has 0 heterocycles. The maximum Gasteiger partial charge on any atom is 0.338 e. The van der Waals surface area contributed by atoms with Crippen LogP contribution in [0.15, 0.2) is 78.9 Å². The first-order valence-corrected chi connectivity index (χ1v) is 9.12. The van der Waals surface area contributed by atoms with Gasteiger partial charge in [0, 0.05) is 5.56 Å². The summed E-state index contributed by atoms with van der Waals surface area (Å²) in [6.07, 6.45) is 0. The van der Waals surface area contributed by atoms with E-state index in [0.717, 1.165) is 11.1 Å². The van der Waals surface area contributed by atoms with Gasteiger partial charge in [0.25, 0.3) is 11.8 Å². The van der Waals surface area contributed by atoms with Crippen LogP contribution in [0.4, 0.5) is 0 Å². The second-order valence-electron chi connectivity index (χ2n) is 6.25. The number of rotatable bonds is 6. The van der Waals surface area contributed by atoms with Gasteiger partial charge in [0.1, 0.15) is 5.75 Å². The van der Waals surface area contributed by atoms with Crippen LogP contribution in [0, 0.1) is 0 Å². The van der Waals surface area contributed by atoms with Gasteiger partial charge >= 0.3 is 5.97 Å². The predicted molar refractivity (Wildman–Crippen MR) is 111 cm³/mol. The summed E-state index contributed by atoms with van der Waals surface area (Å²) in [4.78, 5) is 35.9. The number of hydrazine groups is 1. The Morgan fingerprint density at radius 2 is 1.33 bits per heavy atom. The topological polar surface area (TPSA) is 93.7 Å². The van der Waals surface area contributed by atoms with Crippen LogP contribution < -0.4 is 15.6 Å². The zero-order chi connectivity index (χ0) is 21.3. The highest BCUT2D eigenvalue weighted by Gasteiger charge is 2.12. The van der Waals surface area contributed by atoms with Gasteiger partial charge in [-0.2, -0.15) is 0 Å². The maximum absolute atomic E-state index is 12.1. The lowest BCUT2D eigenvalue weighted by Crippen LogP contribution is -2.43. The van der Waals surface area contributed by atoms with Gasteiger partial charge in [-0.25, -0.2) is 4.79 Å². The molecule has 0 bridgehead atoms. The number of carbonyl (C=O) groups is 3. The molecule has 7 heteroatoms. The smallest absolute Gasteiger partial charge is 0.338 e. The number of esters is 1. The number of methoxy groups -OCH3 is 1. The first-order chi connectivity index (χ1) is 14.6. The predicted octanol–water partition coefficient (Wildman–Crippen LogP) is 2.98. The summed E-state index contributed by atoms with van der Waals surface area (Å²) in [6.45, 7) is -0.526. The van der Waals surface area contributed by atoms with Crippen LogP contribution in [0.3, 0.4) is 0 Å². The minimum atomic E-state index is -0.661. The Labute approximate surface area is 173 Å². The minimum Gasteiger partial charge on any atom is -0.497 e. The zero-order valence-electron chi connectivity index (χ0n) is 16.3. The van der Waals surface area contributed by atoms with E-state index in [4.69, 9.17) is 9.47 Å². The molecule has 2 amide bonds. The Hall–Kier alpha value is -4.13. The third-order valence-electron chi connectivity index (χ3n) is 4.23. The molecule has 0 aromatic heterocycles. The Kier molecular flexibility index (Phi) is 6.78. The highest BCUT2D eigenvalue weighted by Crippen LogP contribution is 2.19. The van der Waals surface area contributed by atoms with Crippen molar-refractivity contribution in [2.24, 2.45) is 0 Å². The van der Waals surface area contributed by atoms with Gasteiger partial charge in [0.05, 0.1) is 12.7 Å². The van der Waals surface area contributed by atoms with Gasteiger partial charge in [-0.3, -0.25) is 20.4 Å². The average molecular weight is 404 g/mol. The number of hydrogen-bond acceptors (Lipinski definition) is 5. The highest BCUT2D eigenvalue weighted by atomic mass is 16.5. The fraction of sp³-hybridized carbons (Fsp3) is 0.0870. The molecule has 0 fully saturated rings. The third kappa shape index (κ3) is 5.45. The molecule has 0 saturated heterocycles. The number of hydrogen-bond donors (Lipinski definition) is 2. The highest BCUT2D eigenvalue weighted by molar-refractivity contribution is 5.96. The second kappa shape index (κ2) is 9.88. The summed E-state index contributed by atoms with van der Waals surface area (Å²) in [5.74, 6) is -1.19. The molecule has 3 rings (SSSR count). The lowest BCUT2D eigenvalue weighted by molar-refractivity contribution is -0.125. The standard InChI is InChI=1S/C23H20N2O5/c1-29-20-13-11-18(12-14-20)22(27)25-24-21(26)15-30-23(28)19-9-7-17(8-10-19)16-5-3-2-4-6-16/h2-14H,15H2,1H3,(H,24,26)(H,25,27). The van der Waals surface area contributed by atoms with E-state index in [1.807, 2.05) is 30.3 Å². The lowest BCUT2D eigenvalue weighted by Gasteiger charge is -2.09. The molecular formula is C23H20N2O5. The maximum atomic E-state index is 12.1. The minimum absolute atomic E-state index is 0.324. The van der Waals surface area contributed by atoms with Crippen LogP contribution in [0.2, 0.25) is 0 Å². The van der Waals surface area contributed by atoms with Gasteiger partial charge in [-0.05, 0) is 47.5 Å². The van der Waals surface area contributed by atoms with Crippen LogP contribution in [0.5, 0.6) is 5.75 Å². The largest absolute Gasteiger partial charge is 0.497 e. The summed E-state index contributed by atoms with van der Waals surface area (Å²) in [6, 6.07) is 23.0. The van der Waals surface area contributed by atoms with E-state index in [9.17, 15) is 14.4 Å². The quantitative estimate of drug-likeness (QED) is 0.487. The van der Waals surface area contributed by atoms with Crippen LogP contribution in [0.1, 0.15) is 20.7 Å². The molecule has 3 aromatic rings. The van der Waals surface area contributed by atoms with Crippen LogP contribution in [-0.2, 0) is 9.53 Å². The van der Waals surface area contributed by atoms with Crippen molar-refractivity contribution in [2.45, 2.75) is 0 Å². The Morgan fingerprint density at radius 1 is 0.733 bits per heavy atom. The molecule has 0 unspecified atom stereocenters. The molecule has 0 aliphatic rings. The van der Waals surface area contributed by atoms with Crippen molar-refractivity contribution >= 4 is 17.8 Å². The van der Waals surface area contributed by atoms with Crippen molar-refractivity contribution < 1.29 is 23.9 Å². The molecule has 3 aromatic carbocycles. The third-order valence-corrected chi connectivity index (χ3v) is 4.23. The van der Waals surface area contributed by atoms with E-state index in [2.05, 4.69) is 10.9 Å². The van der Waals surface area contributed by atoms with Gasteiger partial charge < -0.3 is 9.47 Å². The SMILES string of the molecule is COc1ccc(C(=O)NNC(=O)COC(=O)c2ccc(-c3ccccc3)cc2)cc1. The lowest BCUT2D eigenvalue weighted by atomic mass is 10.0. The number of ether oxygens (including phenoxy) is 2. The Bertz CT molecular complexity index is 1020. The molecule has 0 saturated carbocycles. The van der Waals surface area contributed by atoms with Crippen molar-refractivity contribution in [1.29, 1.82) is 0 Å². The molecule has 0 aliphatic heterocycles. The van der Waals surface area contributed by atoms with Crippen molar-refractivity contribution in [3.05, 3.63) is 90.0 Å². The zero-order valence-corrected chi connectivity index (χ0v) is 16.3. The van der Waals surface area contributed by atoms with Gasteiger partial charge in [-0.15, -0.1) is 0 Å². The van der Waals surface area contributed by atoms with Gasteiger partial charge in [0.15, 0.2) is 6.61 Å². The first kappa shape index (κ1) is 20.6. The van der Waals surface area contributed by atoms with E-state index < -0.39 is 24.4 Å². The second-order valence-corrected chi connectivity index (χ2v) is 6.25. The van der Waals surface area contributed by atoms with Gasteiger partial charge in [-0.1, -0.05) is 42.5 Å². The molecule has 0 aliphatic carbocycles. The normalized spacial score (nSPS) is 10.0. The van der Waals surface area contributed by atoms with E-state index in [0.29, 0.717) is 16.9 Å². The summed E-state index contributed by atoms with van der Waals surface area (Å²) in [7, 11) is 1.52. The summed E-state index contributed by atoms with van der Waals surface area (Å²) in [5, 5.41) is 0. The number of benzene rings is 3. The molecule has 152 valence electrons. The van der Waals surface area contributed by atoms with Crippen LogP contribution in [-0.4, -0.2) is 31.5 Å². The van der Waals surface area contributed by atoms with Crippen LogP contribution >= 0.6 is 0 Å². The fourth-order valence-corrected chi connectivity index (χ4v) is 2.62. The monoisotopic (exact) mass is 404 g/mol. The van der Waals surface area contributed by atoms with Crippen molar-refractivity contribution in [1.82, 2.24) is 10.9 Å². The number of carbonyl (C=O) groups excluding carboxylic acids is 3. The molecular weight excluding hydrogens is 384 g/mol. The molecule has 0 spiro atoms. The summed E-state index contributed by atoms with van der Waals surface area (Å²) < 4.78 is 10.0. The van der Waals surface area contributed by atoms with Gasteiger partial charge in [0.2, 0.25) is 0 Å². The summed E-state index contributed by atoms with van der Waals surface area (Å²) >= 11 is 0. The Morgan fingerprint density at radius 3 is 1.97 bits per heavy atom. The molecule has 2 N–H and O–H groups in total. The van der Waals surface area contributed by atoms with Crippen molar-refractivity contribution in [3.8, 4) is 16.9 Å². The van der Waals surface area contributed by atoms with E-state index in [-0.39, 0.29) is 0 Å². The number of nitrogens with one attached hydrogen (secondary N) is 2. The van der Waals surface area contributed by atoms with E-state index in [1.54, 1.807) is 48.5 Å². The average Bonchev–Trinajstić information content (AvgIpc) is 2.81. The van der Waals surface area contributed by atoms with E-state index >= 15 is 0 Å². The van der Waals surface area contributed by atoms with Crippen molar-refractivity contribution in [2.75, 3.05) is 13.7 Å². The number of amides is 2. The molecule has 30 heavy (non-hydrogen) atoms. The van der Waals surface area contributed by atoms with Crippen LogP contribution in [0.25, 0.3) is 11.1 Å². The summed E-state index contributed by atoms with van der Waals surface area (Å²) in [5.41, 5.74) is 7.11. The molecule has 0 radical (unpaired) electrons. The van der Waals surface area contributed by atoms with E-state index in [1.165, 1.54) is 7.11 Å². The molecule has 0 atom stereocenters. The first-order valence-electron chi connectivity index (χ1n) is 9.12. The van der Waals surface area contributed by atoms with Crippen molar-refractivity contribution in [3.63, 3.8) is 0 Å².